The largest absolute Gasteiger partial charge is 0.501 e. The number of fused-ring (bicyclic) bond motifs is 1. The molecule has 1 aliphatic rings. The van der Waals surface area contributed by atoms with Crippen LogP contribution in [0, 0.1) is 5.82 Å². The predicted molar refractivity (Wildman–Crippen MR) is 112 cm³/mol. The monoisotopic (exact) mass is 423 g/mol. The molecule has 0 spiro atoms. The van der Waals surface area contributed by atoms with Crippen LogP contribution in [0.1, 0.15) is 35.7 Å². The van der Waals surface area contributed by atoms with E-state index in [1.807, 2.05) is 36.9 Å². The zero-order valence-corrected chi connectivity index (χ0v) is 17.2. The minimum atomic E-state index is -0.758. The molecule has 3 heterocycles. The van der Waals surface area contributed by atoms with Crippen LogP contribution in [0.4, 0.5) is 10.2 Å². The molecule has 1 aliphatic heterocycles. The van der Waals surface area contributed by atoms with Crippen LogP contribution in [0.3, 0.4) is 0 Å². The molecule has 0 fully saturated rings. The molecule has 0 saturated heterocycles. The van der Waals surface area contributed by atoms with E-state index in [1.54, 1.807) is 18.3 Å². The van der Waals surface area contributed by atoms with Crippen molar-refractivity contribution in [3.05, 3.63) is 81.9 Å². The number of rotatable bonds is 4. The molecule has 160 valence electrons. The zero-order valence-electron chi connectivity index (χ0n) is 17.2. The molecule has 0 atom stereocenters. The van der Waals surface area contributed by atoms with E-state index in [1.165, 1.54) is 16.7 Å². The highest BCUT2D eigenvalue weighted by Crippen LogP contribution is 2.33. The van der Waals surface area contributed by atoms with Crippen LogP contribution >= 0.6 is 0 Å². The van der Waals surface area contributed by atoms with Crippen LogP contribution in [0.2, 0.25) is 0 Å². The van der Waals surface area contributed by atoms with Crippen molar-refractivity contribution in [2.75, 3.05) is 11.4 Å². The van der Waals surface area contributed by atoms with Crippen molar-refractivity contribution in [2.24, 2.45) is 0 Å². The number of amides is 1. The van der Waals surface area contributed by atoms with Crippen molar-refractivity contribution in [2.45, 2.75) is 32.5 Å². The van der Waals surface area contributed by atoms with Gasteiger partial charge in [0.25, 0.3) is 11.5 Å². The average molecular weight is 423 g/mol. The Kier molecular flexibility index (Phi) is 5.18. The topological polar surface area (TPSA) is 100 Å². The number of aromatic nitrogens is 3. The van der Waals surface area contributed by atoms with Crippen LogP contribution in [0.5, 0.6) is 5.75 Å². The van der Waals surface area contributed by atoms with Crippen LogP contribution < -0.4 is 15.8 Å². The van der Waals surface area contributed by atoms with Crippen molar-refractivity contribution in [3.63, 3.8) is 0 Å². The molecule has 1 aromatic carbocycles. The number of halogens is 1. The van der Waals surface area contributed by atoms with Gasteiger partial charge in [-0.2, -0.15) is 0 Å². The van der Waals surface area contributed by atoms with E-state index < -0.39 is 22.8 Å². The number of nitrogens with one attached hydrogen (secondary N) is 1. The third kappa shape index (κ3) is 3.74. The number of pyridine rings is 1. The van der Waals surface area contributed by atoms with E-state index in [-0.39, 0.29) is 18.1 Å². The normalized spacial score (nSPS) is 14.7. The van der Waals surface area contributed by atoms with Gasteiger partial charge in [-0.3, -0.25) is 14.2 Å². The summed E-state index contributed by atoms with van der Waals surface area (Å²) in [4.78, 5) is 36.3. The van der Waals surface area contributed by atoms with Crippen LogP contribution in [-0.2, 0) is 18.6 Å². The molecule has 0 saturated carbocycles. The van der Waals surface area contributed by atoms with Gasteiger partial charge < -0.3 is 15.3 Å². The molecule has 4 rings (SSSR count). The number of benzene rings is 1. The molecule has 1 amide bonds. The lowest BCUT2D eigenvalue weighted by atomic mass is 9.98. The second-order valence-electron chi connectivity index (χ2n) is 7.80. The number of hydrogen-bond donors (Lipinski definition) is 2. The Labute approximate surface area is 178 Å². The summed E-state index contributed by atoms with van der Waals surface area (Å²) in [6, 6.07) is 11.2. The summed E-state index contributed by atoms with van der Waals surface area (Å²) in [7, 11) is 0. The Morgan fingerprint density at radius 1 is 1.19 bits per heavy atom. The van der Waals surface area contributed by atoms with Crippen molar-refractivity contribution in [3.8, 4) is 5.75 Å². The van der Waals surface area contributed by atoms with Gasteiger partial charge in [-0.25, -0.2) is 14.4 Å². The Morgan fingerprint density at radius 3 is 2.61 bits per heavy atom. The van der Waals surface area contributed by atoms with Crippen LogP contribution in [-0.4, -0.2) is 32.1 Å². The Hall–Kier alpha value is -3.75. The maximum absolute atomic E-state index is 13.1. The minimum absolute atomic E-state index is 0.0993. The fraction of sp³-hybridized carbons (Fsp3) is 0.273. The Bertz CT molecular complexity index is 1180. The lowest BCUT2D eigenvalue weighted by Gasteiger charge is -2.43. The number of carbonyl (C=O) groups excluding carboxylic acids is 1. The summed E-state index contributed by atoms with van der Waals surface area (Å²) in [5.74, 6) is -0.671. The Balaban J connectivity index is 1.67. The first kappa shape index (κ1) is 20.5. The minimum Gasteiger partial charge on any atom is -0.501 e. The van der Waals surface area contributed by atoms with Gasteiger partial charge in [-0.15, -0.1) is 0 Å². The molecule has 0 bridgehead atoms. The third-order valence-corrected chi connectivity index (χ3v) is 5.42. The second-order valence-corrected chi connectivity index (χ2v) is 7.80. The molecule has 2 aromatic heterocycles. The van der Waals surface area contributed by atoms with Crippen LogP contribution in [0.15, 0.2) is 53.5 Å². The first-order valence-corrected chi connectivity index (χ1v) is 9.84. The highest BCUT2D eigenvalue weighted by atomic mass is 19.1. The number of anilines is 1. The van der Waals surface area contributed by atoms with Crippen LogP contribution in [0.25, 0.3) is 0 Å². The molecule has 9 heteroatoms. The summed E-state index contributed by atoms with van der Waals surface area (Å²) < 4.78 is 14.5. The van der Waals surface area contributed by atoms with Gasteiger partial charge >= 0.3 is 0 Å². The van der Waals surface area contributed by atoms with E-state index in [4.69, 9.17) is 0 Å². The summed E-state index contributed by atoms with van der Waals surface area (Å²) in [6.07, 6.45) is 1.69. The molecule has 2 N–H and O–H groups in total. The molecule has 0 aliphatic carbocycles. The summed E-state index contributed by atoms with van der Waals surface area (Å²) in [5.41, 5.74) is -1.09. The second kappa shape index (κ2) is 7.82. The number of nitrogens with zero attached hydrogens (tertiary/aromatic N) is 4. The smallest absolute Gasteiger partial charge is 0.296 e. The fourth-order valence-corrected chi connectivity index (χ4v) is 3.76. The highest BCUT2D eigenvalue weighted by Gasteiger charge is 2.39. The quantitative estimate of drug-likeness (QED) is 0.667. The summed E-state index contributed by atoms with van der Waals surface area (Å²) in [6.45, 7) is 4.66. The van der Waals surface area contributed by atoms with Crippen molar-refractivity contribution in [1.29, 1.82) is 0 Å². The molecular weight excluding hydrogens is 401 g/mol. The van der Waals surface area contributed by atoms with E-state index in [9.17, 15) is 19.1 Å². The molecule has 0 radical (unpaired) electrons. The van der Waals surface area contributed by atoms with Gasteiger partial charge in [0.05, 0.1) is 5.54 Å². The zero-order chi connectivity index (χ0) is 22.2. The molecule has 8 nitrogen and oxygen atoms in total. The standard InChI is InChI=1S/C22H22FN5O3/c1-22(2)21-26-17(19(30)25-13-14-6-8-15(23)9-7-14)18(29)20(31)27(21)11-12-28(22)16-5-3-4-10-24-16/h3-10,29H,11-13H2,1-2H3,(H,25,30). The fourth-order valence-electron chi connectivity index (χ4n) is 3.76. The van der Waals surface area contributed by atoms with E-state index in [2.05, 4.69) is 15.3 Å². The Morgan fingerprint density at radius 2 is 1.94 bits per heavy atom. The van der Waals surface area contributed by atoms with Gasteiger partial charge in [0, 0.05) is 25.8 Å². The van der Waals surface area contributed by atoms with Crippen molar-refractivity contribution in [1.82, 2.24) is 19.9 Å². The van der Waals surface area contributed by atoms with E-state index in [0.29, 0.717) is 24.5 Å². The third-order valence-electron chi connectivity index (χ3n) is 5.42. The van der Waals surface area contributed by atoms with Gasteiger partial charge in [0.15, 0.2) is 5.69 Å². The molecular formula is C22H22FN5O3. The number of aromatic hydroxyl groups is 1. The molecule has 31 heavy (non-hydrogen) atoms. The highest BCUT2D eigenvalue weighted by molar-refractivity contribution is 5.94. The SMILES string of the molecule is CC1(C)c2nc(C(=O)NCc3ccc(F)cc3)c(O)c(=O)n2CCN1c1ccccn1. The van der Waals surface area contributed by atoms with E-state index >= 15 is 0 Å². The van der Waals surface area contributed by atoms with Gasteiger partial charge in [0.2, 0.25) is 5.75 Å². The van der Waals surface area contributed by atoms with Gasteiger partial charge in [0.1, 0.15) is 17.5 Å². The predicted octanol–water partition coefficient (Wildman–Crippen LogP) is 2.17. The van der Waals surface area contributed by atoms with E-state index in [0.717, 1.165) is 5.82 Å². The summed E-state index contributed by atoms with van der Waals surface area (Å²) >= 11 is 0. The average Bonchev–Trinajstić information content (AvgIpc) is 2.76. The van der Waals surface area contributed by atoms with Gasteiger partial charge in [-0.1, -0.05) is 18.2 Å². The lowest BCUT2D eigenvalue weighted by molar-refractivity contribution is 0.0941. The first-order chi connectivity index (χ1) is 14.8. The lowest BCUT2D eigenvalue weighted by Crippen LogP contribution is -2.53. The summed E-state index contributed by atoms with van der Waals surface area (Å²) in [5, 5.41) is 13.0. The maximum atomic E-state index is 13.1. The molecule has 0 unspecified atom stereocenters. The number of hydrogen-bond acceptors (Lipinski definition) is 6. The first-order valence-electron chi connectivity index (χ1n) is 9.84. The van der Waals surface area contributed by atoms with Gasteiger partial charge in [-0.05, 0) is 43.7 Å². The van der Waals surface area contributed by atoms with Crippen molar-refractivity contribution < 1.29 is 14.3 Å². The number of carbonyl (C=O) groups is 1. The molecule has 3 aromatic rings. The van der Waals surface area contributed by atoms with Crippen molar-refractivity contribution >= 4 is 11.7 Å². The maximum Gasteiger partial charge on any atom is 0.296 e.